The van der Waals surface area contributed by atoms with Crippen LogP contribution in [-0.2, 0) is 12.8 Å². The predicted octanol–water partition coefficient (Wildman–Crippen LogP) is 2.50. The number of fused-ring (bicyclic) bond motifs is 4. The van der Waals surface area contributed by atoms with Gasteiger partial charge in [0.2, 0.25) is 0 Å². The molecule has 3 aliphatic heterocycles. The minimum Gasteiger partial charge on any atom is -0.493 e. The molecule has 35 heavy (non-hydrogen) atoms. The number of hydrogen-bond acceptors (Lipinski definition) is 4. The number of rotatable bonds is 7. The Morgan fingerprint density at radius 2 is 1.40 bits per heavy atom. The van der Waals surface area contributed by atoms with E-state index < -0.39 is 0 Å². The summed E-state index contributed by atoms with van der Waals surface area (Å²) < 4.78 is 22.6. The van der Waals surface area contributed by atoms with Gasteiger partial charge in [-0.2, -0.15) is 0 Å². The van der Waals surface area contributed by atoms with Gasteiger partial charge in [0.15, 0.2) is 23.0 Å². The highest BCUT2D eigenvalue weighted by molar-refractivity contribution is 5.50. The van der Waals surface area contributed by atoms with Crippen LogP contribution in [0.25, 0.3) is 0 Å². The van der Waals surface area contributed by atoms with Crippen molar-refractivity contribution in [3.63, 3.8) is 0 Å². The molecule has 0 bridgehead atoms. The third-order valence-electron chi connectivity index (χ3n) is 8.95. The first-order valence-electron chi connectivity index (χ1n) is 13.3. The minimum absolute atomic E-state index is 0.479. The van der Waals surface area contributed by atoms with Crippen molar-refractivity contribution in [3.8, 4) is 23.0 Å². The zero-order valence-corrected chi connectivity index (χ0v) is 22.0. The number of nitrogens with two attached hydrogens (primary N) is 1. The Labute approximate surface area is 209 Å². The van der Waals surface area contributed by atoms with Crippen LogP contribution in [0.2, 0.25) is 0 Å². The van der Waals surface area contributed by atoms with Crippen LogP contribution in [0.15, 0.2) is 24.3 Å². The lowest BCUT2D eigenvalue weighted by molar-refractivity contribution is -0.944. The molecule has 0 aliphatic carbocycles. The van der Waals surface area contributed by atoms with Gasteiger partial charge in [-0.15, -0.1) is 0 Å². The van der Waals surface area contributed by atoms with E-state index in [4.69, 9.17) is 18.9 Å². The van der Waals surface area contributed by atoms with Crippen LogP contribution in [0.4, 0.5) is 0 Å². The zero-order chi connectivity index (χ0) is 24.5. The standard InChI is InChI=1S/C29H40N2O4/c1-6-18-17-31-10-8-20-14-27(33-3)29(35-5)16-23(20)25(31)12-21(18)11-24-22-15-28(34-4)26(32-2)13-19(22)7-9-30-24/h13-16,18,21,24-25,30H,6-12,17H2,1-5H3/p+2/t18-,21+,24-,25+/m1/s1. The quantitative estimate of drug-likeness (QED) is 0.637. The van der Waals surface area contributed by atoms with Crippen LogP contribution in [0.3, 0.4) is 0 Å². The summed E-state index contributed by atoms with van der Waals surface area (Å²) in [6.07, 6.45) is 5.92. The summed E-state index contributed by atoms with van der Waals surface area (Å²) in [6.45, 7) is 6.00. The zero-order valence-electron chi connectivity index (χ0n) is 22.0. The minimum atomic E-state index is 0.479. The van der Waals surface area contributed by atoms with Crippen molar-refractivity contribution in [1.29, 1.82) is 0 Å². The van der Waals surface area contributed by atoms with E-state index >= 15 is 0 Å². The highest BCUT2D eigenvalue weighted by Gasteiger charge is 2.43. The molecule has 0 amide bonds. The SMILES string of the molecule is CC[C@@H]1C[NH+]2CCc3cc(OC)c(OC)cc3[C@@H]2C[C@@H]1C[C@H]1[NH2+]CCc2cc(OC)c(OC)cc21. The lowest BCUT2D eigenvalue weighted by Gasteiger charge is -2.45. The molecule has 6 heteroatoms. The van der Waals surface area contributed by atoms with Gasteiger partial charge in [0.05, 0.1) is 48.1 Å². The molecule has 3 N–H and O–H groups in total. The number of ether oxygens (including phenoxy) is 4. The fraction of sp³-hybridized carbons (Fsp3) is 0.586. The molecule has 1 unspecified atom stereocenters. The Kier molecular flexibility index (Phi) is 7.12. The van der Waals surface area contributed by atoms with Crippen molar-refractivity contribution >= 4 is 0 Å². The summed E-state index contributed by atoms with van der Waals surface area (Å²) >= 11 is 0. The molecule has 2 aromatic rings. The Morgan fingerprint density at radius 3 is 2.03 bits per heavy atom. The second-order valence-corrected chi connectivity index (χ2v) is 10.5. The molecule has 190 valence electrons. The van der Waals surface area contributed by atoms with Gasteiger partial charge in [-0.25, -0.2) is 0 Å². The van der Waals surface area contributed by atoms with E-state index in [0.29, 0.717) is 18.0 Å². The third-order valence-corrected chi connectivity index (χ3v) is 8.95. The summed E-state index contributed by atoms with van der Waals surface area (Å²) in [7, 11) is 6.94. The summed E-state index contributed by atoms with van der Waals surface area (Å²) in [5, 5.41) is 2.56. The lowest BCUT2D eigenvalue weighted by atomic mass is 9.72. The molecule has 0 radical (unpaired) electrons. The van der Waals surface area contributed by atoms with Crippen molar-refractivity contribution in [2.75, 3.05) is 48.1 Å². The Morgan fingerprint density at radius 1 is 0.800 bits per heavy atom. The summed E-state index contributed by atoms with van der Waals surface area (Å²) in [5.74, 6) is 4.87. The van der Waals surface area contributed by atoms with Gasteiger partial charge in [0.25, 0.3) is 0 Å². The molecule has 3 heterocycles. The summed E-state index contributed by atoms with van der Waals surface area (Å²) in [4.78, 5) is 1.76. The van der Waals surface area contributed by atoms with Crippen molar-refractivity contribution < 1.29 is 29.2 Å². The van der Waals surface area contributed by atoms with Crippen molar-refractivity contribution in [2.45, 2.75) is 51.1 Å². The number of nitrogens with one attached hydrogen (secondary N) is 1. The molecule has 0 saturated carbocycles. The van der Waals surface area contributed by atoms with Gasteiger partial charge in [-0.05, 0) is 47.7 Å². The normalized spacial score (nSPS) is 27.3. The molecule has 5 rings (SSSR count). The van der Waals surface area contributed by atoms with Crippen LogP contribution in [0, 0.1) is 11.8 Å². The first kappa shape index (κ1) is 24.3. The van der Waals surface area contributed by atoms with Crippen LogP contribution in [0.5, 0.6) is 23.0 Å². The van der Waals surface area contributed by atoms with E-state index in [1.165, 1.54) is 54.6 Å². The molecule has 1 fully saturated rings. The van der Waals surface area contributed by atoms with Crippen molar-refractivity contribution in [1.82, 2.24) is 0 Å². The Bertz CT molecular complexity index is 1050. The van der Waals surface area contributed by atoms with Crippen LogP contribution in [-0.4, -0.2) is 48.1 Å². The highest BCUT2D eigenvalue weighted by Crippen LogP contribution is 2.42. The fourth-order valence-electron chi connectivity index (χ4n) is 7.08. The van der Waals surface area contributed by atoms with E-state index in [0.717, 1.165) is 48.3 Å². The maximum Gasteiger partial charge on any atom is 0.161 e. The number of methoxy groups -OCH3 is 4. The molecular weight excluding hydrogens is 440 g/mol. The Hall–Kier alpha value is -2.44. The van der Waals surface area contributed by atoms with Gasteiger partial charge in [0, 0.05) is 42.7 Å². The van der Waals surface area contributed by atoms with E-state index in [1.54, 1.807) is 33.3 Å². The molecule has 0 aromatic heterocycles. The van der Waals surface area contributed by atoms with Crippen LogP contribution < -0.4 is 29.2 Å². The third kappa shape index (κ3) is 4.47. The van der Waals surface area contributed by atoms with E-state index in [1.807, 2.05) is 0 Å². The van der Waals surface area contributed by atoms with Gasteiger partial charge in [0.1, 0.15) is 12.1 Å². The summed E-state index contributed by atoms with van der Waals surface area (Å²) in [6, 6.07) is 9.95. The largest absolute Gasteiger partial charge is 0.493 e. The maximum absolute atomic E-state index is 5.69. The number of benzene rings is 2. The van der Waals surface area contributed by atoms with Crippen LogP contribution >= 0.6 is 0 Å². The van der Waals surface area contributed by atoms with Gasteiger partial charge < -0.3 is 29.2 Å². The fourth-order valence-corrected chi connectivity index (χ4v) is 7.08. The average Bonchev–Trinajstić information content (AvgIpc) is 2.91. The summed E-state index contributed by atoms with van der Waals surface area (Å²) in [5.41, 5.74) is 5.78. The smallest absolute Gasteiger partial charge is 0.161 e. The highest BCUT2D eigenvalue weighted by atomic mass is 16.5. The van der Waals surface area contributed by atoms with Gasteiger partial charge >= 0.3 is 0 Å². The molecule has 1 saturated heterocycles. The molecular formula is C29H42N2O4+2. The Balaban J connectivity index is 1.43. The molecule has 2 aromatic carbocycles. The van der Waals surface area contributed by atoms with Gasteiger partial charge in [-0.1, -0.05) is 6.92 Å². The monoisotopic (exact) mass is 482 g/mol. The topological polar surface area (TPSA) is 58.0 Å². The molecule has 0 spiro atoms. The van der Waals surface area contributed by atoms with E-state index in [-0.39, 0.29) is 0 Å². The number of hydrogen-bond donors (Lipinski definition) is 2. The second-order valence-electron chi connectivity index (χ2n) is 10.5. The maximum atomic E-state index is 5.69. The second kappa shape index (κ2) is 10.3. The predicted molar refractivity (Wildman–Crippen MR) is 136 cm³/mol. The van der Waals surface area contributed by atoms with Gasteiger partial charge in [-0.3, -0.25) is 0 Å². The first-order valence-corrected chi connectivity index (χ1v) is 13.3. The molecule has 5 atom stereocenters. The number of piperidine rings is 1. The molecule has 3 aliphatic rings. The van der Waals surface area contributed by atoms with Crippen LogP contribution in [0.1, 0.15) is 60.5 Å². The van der Waals surface area contributed by atoms with Crippen molar-refractivity contribution in [3.05, 3.63) is 46.5 Å². The van der Waals surface area contributed by atoms with E-state index in [2.05, 4.69) is 36.5 Å². The number of quaternary nitrogens is 2. The van der Waals surface area contributed by atoms with Crippen molar-refractivity contribution in [2.24, 2.45) is 11.8 Å². The molecule has 6 nitrogen and oxygen atoms in total. The average molecular weight is 483 g/mol. The first-order chi connectivity index (χ1) is 17.1. The lowest BCUT2D eigenvalue weighted by Crippen LogP contribution is -3.15. The van der Waals surface area contributed by atoms with E-state index in [9.17, 15) is 0 Å².